The topological polar surface area (TPSA) is 84.7 Å². The molecular formula is C28H33N3O4. The highest BCUT2D eigenvalue weighted by molar-refractivity contribution is 5.95. The Morgan fingerprint density at radius 1 is 1.17 bits per heavy atom. The van der Waals surface area contributed by atoms with Crippen molar-refractivity contribution in [3.05, 3.63) is 58.9 Å². The van der Waals surface area contributed by atoms with Crippen molar-refractivity contribution in [1.29, 1.82) is 0 Å². The van der Waals surface area contributed by atoms with E-state index in [4.69, 9.17) is 9.72 Å². The maximum absolute atomic E-state index is 12.6. The molecule has 3 atom stereocenters. The molecule has 0 saturated heterocycles. The number of hydrogen-bond acceptors (Lipinski definition) is 4. The Bertz CT molecular complexity index is 1280. The van der Waals surface area contributed by atoms with Crippen LogP contribution in [0.3, 0.4) is 0 Å². The van der Waals surface area contributed by atoms with E-state index in [1.165, 1.54) is 18.2 Å². The Kier molecular flexibility index (Phi) is 6.26. The van der Waals surface area contributed by atoms with Gasteiger partial charge in [0.2, 0.25) is 0 Å². The number of imidazole rings is 1. The van der Waals surface area contributed by atoms with Crippen molar-refractivity contribution in [2.75, 3.05) is 12.0 Å². The Labute approximate surface area is 205 Å². The number of amides is 1. The predicted molar refractivity (Wildman–Crippen MR) is 135 cm³/mol. The largest absolute Gasteiger partial charge is 0.481 e. The highest BCUT2D eigenvalue weighted by Gasteiger charge is 2.34. The van der Waals surface area contributed by atoms with Gasteiger partial charge in [-0.2, -0.15) is 0 Å². The lowest BCUT2D eigenvalue weighted by molar-refractivity contribution is -0.143. The first-order valence-corrected chi connectivity index (χ1v) is 12.6. The summed E-state index contributed by atoms with van der Waals surface area (Å²) >= 11 is 0. The molecule has 1 aliphatic carbocycles. The summed E-state index contributed by atoms with van der Waals surface area (Å²) in [6.45, 7) is 4.13. The normalized spacial score (nSPS) is 22.1. The molecule has 2 aromatic carbocycles. The molecule has 1 saturated carbocycles. The predicted octanol–water partition coefficient (Wildman–Crippen LogP) is 5.66. The third-order valence-corrected chi connectivity index (χ3v) is 7.70. The molecule has 0 bridgehead atoms. The van der Waals surface area contributed by atoms with Gasteiger partial charge in [0.25, 0.3) is 0 Å². The zero-order chi connectivity index (χ0) is 24.7. The van der Waals surface area contributed by atoms with Crippen LogP contribution in [0.4, 0.5) is 10.5 Å². The van der Waals surface area contributed by atoms with Crippen molar-refractivity contribution < 1.29 is 19.4 Å². The minimum atomic E-state index is -0.709. The van der Waals surface area contributed by atoms with Crippen LogP contribution < -0.4 is 4.90 Å². The quantitative estimate of drug-likeness (QED) is 0.526. The lowest BCUT2D eigenvalue weighted by Crippen LogP contribution is -2.42. The summed E-state index contributed by atoms with van der Waals surface area (Å²) in [6, 6.07) is 12.7. The van der Waals surface area contributed by atoms with E-state index in [9.17, 15) is 14.7 Å². The first kappa shape index (κ1) is 23.4. The number of hydrogen-bond donors (Lipinski definition) is 1. The van der Waals surface area contributed by atoms with Crippen LogP contribution in [0.2, 0.25) is 0 Å². The standard InChI is InChI=1S/C28H33N3O4/c1-17-6-4-7-19(14-17)15-25-29-26-22-11-10-18(2)30(28(34)35-3)23(22)12-13-24(26)31(25)21-9-5-8-20(16-21)27(32)33/h4,6-7,12-14,18,20-21H,5,8-11,15-16H2,1-3H3,(H,32,33)/t18-,20+,21+/m0/s1. The van der Waals surface area contributed by atoms with Crippen LogP contribution in [0.15, 0.2) is 36.4 Å². The van der Waals surface area contributed by atoms with Gasteiger partial charge in [-0.15, -0.1) is 0 Å². The van der Waals surface area contributed by atoms with Crippen LogP contribution >= 0.6 is 0 Å². The second-order valence-electron chi connectivity index (χ2n) is 10.1. The lowest BCUT2D eigenvalue weighted by Gasteiger charge is -2.34. The number of ether oxygens (including phenoxy) is 1. The molecule has 2 aliphatic rings. The number of anilines is 1. The van der Waals surface area contributed by atoms with Crippen molar-refractivity contribution in [3.8, 4) is 0 Å². The summed E-state index contributed by atoms with van der Waals surface area (Å²) in [7, 11) is 1.42. The average molecular weight is 476 g/mol. The smallest absolute Gasteiger partial charge is 0.414 e. The molecule has 0 spiro atoms. The molecule has 35 heavy (non-hydrogen) atoms. The minimum Gasteiger partial charge on any atom is -0.481 e. The van der Waals surface area contributed by atoms with Crippen LogP contribution in [0.5, 0.6) is 0 Å². The van der Waals surface area contributed by atoms with E-state index in [1.807, 2.05) is 13.0 Å². The molecule has 1 aromatic heterocycles. The summed E-state index contributed by atoms with van der Waals surface area (Å²) in [6.07, 6.45) is 5.18. The summed E-state index contributed by atoms with van der Waals surface area (Å²) < 4.78 is 7.38. The van der Waals surface area contributed by atoms with Gasteiger partial charge in [0, 0.05) is 24.1 Å². The molecular weight excluding hydrogens is 442 g/mol. The second-order valence-corrected chi connectivity index (χ2v) is 10.1. The first-order valence-electron chi connectivity index (χ1n) is 12.6. The Morgan fingerprint density at radius 2 is 2.00 bits per heavy atom. The van der Waals surface area contributed by atoms with Gasteiger partial charge in [0.1, 0.15) is 5.82 Å². The van der Waals surface area contributed by atoms with E-state index in [1.54, 1.807) is 4.90 Å². The highest BCUT2D eigenvalue weighted by Crippen LogP contribution is 2.40. The Hall–Kier alpha value is -3.35. The zero-order valence-corrected chi connectivity index (χ0v) is 20.7. The summed E-state index contributed by atoms with van der Waals surface area (Å²) in [5, 5.41) is 9.72. The third kappa shape index (κ3) is 4.28. The van der Waals surface area contributed by atoms with Gasteiger partial charge in [-0.3, -0.25) is 9.69 Å². The van der Waals surface area contributed by atoms with Crippen molar-refractivity contribution >= 4 is 28.8 Å². The number of carbonyl (C=O) groups excluding carboxylic acids is 1. The maximum atomic E-state index is 12.6. The van der Waals surface area contributed by atoms with E-state index < -0.39 is 5.97 Å². The highest BCUT2D eigenvalue weighted by atomic mass is 16.5. The van der Waals surface area contributed by atoms with Crippen molar-refractivity contribution in [3.63, 3.8) is 0 Å². The molecule has 1 amide bonds. The fourth-order valence-corrected chi connectivity index (χ4v) is 5.98. The van der Waals surface area contributed by atoms with Gasteiger partial charge in [0.05, 0.1) is 29.7 Å². The average Bonchev–Trinajstić information content (AvgIpc) is 3.21. The van der Waals surface area contributed by atoms with Gasteiger partial charge in [0.15, 0.2) is 0 Å². The van der Waals surface area contributed by atoms with E-state index in [-0.39, 0.29) is 24.1 Å². The zero-order valence-electron chi connectivity index (χ0n) is 20.7. The number of aliphatic carboxylic acids is 1. The number of rotatable bonds is 4. The van der Waals surface area contributed by atoms with Crippen LogP contribution in [0.25, 0.3) is 11.0 Å². The Balaban J connectivity index is 1.66. The first-order chi connectivity index (χ1) is 16.9. The van der Waals surface area contributed by atoms with Gasteiger partial charge >= 0.3 is 12.1 Å². The molecule has 7 heteroatoms. The van der Waals surface area contributed by atoms with Crippen LogP contribution in [0, 0.1) is 12.8 Å². The SMILES string of the molecule is COC(=O)N1c2ccc3c(nc(Cc4cccc(C)c4)n3[C@@H]3CCC[C@@H](C(=O)O)C3)c2CC[C@@H]1C. The molecule has 0 unspecified atom stereocenters. The molecule has 184 valence electrons. The molecule has 5 rings (SSSR count). The number of methoxy groups -OCH3 is 1. The fourth-order valence-electron chi connectivity index (χ4n) is 5.98. The summed E-state index contributed by atoms with van der Waals surface area (Å²) in [5.41, 5.74) is 6.27. The molecule has 1 fully saturated rings. The number of benzene rings is 2. The monoisotopic (exact) mass is 475 g/mol. The molecule has 3 aromatic rings. The molecule has 0 radical (unpaired) electrons. The van der Waals surface area contributed by atoms with Crippen LogP contribution in [-0.4, -0.2) is 39.9 Å². The number of fused-ring (bicyclic) bond motifs is 3. The van der Waals surface area contributed by atoms with Gasteiger partial charge < -0.3 is 14.4 Å². The van der Waals surface area contributed by atoms with Crippen molar-refractivity contribution in [1.82, 2.24) is 9.55 Å². The number of aromatic nitrogens is 2. The number of nitrogens with zero attached hydrogens (tertiary/aromatic N) is 3. The summed E-state index contributed by atoms with van der Waals surface area (Å²) in [5.74, 6) is -0.0796. The molecule has 2 heterocycles. The van der Waals surface area contributed by atoms with Crippen molar-refractivity contribution in [2.45, 2.75) is 70.9 Å². The van der Waals surface area contributed by atoms with Gasteiger partial charge in [-0.1, -0.05) is 36.2 Å². The van der Waals surface area contributed by atoms with E-state index in [0.29, 0.717) is 12.8 Å². The van der Waals surface area contributed by atoms with Crippen LogP contribution in [-0.2, 0) is 22.4 Å². The van der Waals surface area contributed by atoms with Gasteiger partial charge in [-0.05, 0) is 63.6 Å². The third-order valence-electron chi connectivity index (χ3n) is 7.70. The van der Waals surface area contributed by atoms with Crippen molar-refractivity contribution in [2.24, 2.45) is 5.92 Å². The molecule has 1 N–H and O–H groups in total. The number of carbonyl (C=O) groups is 2. The van der Waals surface area contributed by atoms with E-state index >= 15 is 0 Å². The van der Waals surface area contributed by atoms with Gasteiger partial charge in [-0.25, -0.2) is 9.78 Å². The number of carboxylic acid groups (broad SMARTS) is 1. The maximum Gasteiger partial charge on any atom is 0.414 e. The van der Waals surface area contributed by atoms with Crippen LogP contribution in [0.1, 0.15) is 67.6 Å². The molecule has 7 nitrogen and oxygen atoms in total. The van der Waals surface area contributed by atoms with E-state index in [0.717, 1.165) is 60.2 Å². The Morgan fingerprint density at radius 3 is 2.74 bits per heavy atom. The lowest BCUT2D eigenvalue weighted by atomic mass is 9.85. The van der Waals surface area contributed by atoms with E-state index in [2.05, 4.69) is 41.8 Å². The fraction of sp³-hybridized carbons (Fsp3) is 0.464. The number of aryl methyl sites for hydroxylation is 2. The number of carboxylic acids is 1. The second kappa shape index (κ2) is 9.36. The minimum absolute atomic E-state index is 0.0518. The molecule has 1 aliphatic heterocycles. The summed E-state index contributed by atoms with van der Waals surface area (Å²) in [4.78, 5) is 31.3.